The van der Waals surface area contributed by atoms with E-state index in [1.165, 1.54) is 12.7 Å². The van der Waals surface area contributed by atoms with Crippen LogP contribution in [0.1, 0.15) is 25.8 Å². The molecule has 1 N–H and O–H groups in total. The molecule has 1 saturated heterocycles. The molecule has 1 aromatic carbocycles. The summed E-state index contributed by atoms with van der Waals surface area (Å²) in [6.45, 7) is 6.91. The molecule has 4 nitrogen and oxygen atoms in total. The number of nitrogens with zero attached hydrogens (tertiary/aromatic N) is 1. The zero-order valence-electron chi connectivity index (χ0n) is 13.3. The van der Waals surface area contributed by atoms with E-state index in [1.54, 1.807) is 0 Å². The van der Waals surface area contributed by atoms with Crippen molar-refractivity contribution in [3.63, 3.8) is 0 Å². The number of hydrogen-bond donors (Lipinski definition) is 1. The molecule has 1 atom stereocenters. The lowest BCUT2D eigenvalue weighted by Crippen LogP contribution is -2.52. The Morgan fingerprint density at radius 2 is 2.10 bits per heavy atom. The topological polar surface area (TPSA) is 41.6 Å². The number of rotatable bonds is 6. The molecule has 116 valence electrons. The number of carbonyl (C=O) groups is 1. The summed E-state index contributed by atoms with van der Waals surface area (Å²) in [6.07, 6.45) is 2.16. The van der Waals surface area contributed by atoms with Crippen molar-refractivity contribution in [1.82, 2.24) is 10.2 Å². The molecule has 1 aliphatic rings. The quantitative estimate of drug-likeness (QED) is 0.812. The van der Waals surface area contributed by atoms with Crippen LogP contribution in [0.25, 0.3) is 0 Å². The molecule has 0 aliphatic carbocycles. The molecular formula is C17H26N2O2. The Bertz CT molecular complexity index is 459. The van der Waals surface area contributed by atoms with Gasteiger partial charge in [-0.05, 0) is 38.8 Å². The minimum atomic E-state index is -0.616. The van der Waals surface area contributed by atoms with Crippen molar-refractivity contribution in [3.8, 4) is 0 Å². The molecule has 0 aromatic heterocycles. The Labute approximate surface area is 127 Å². The Kier molecular flexibility index (Phi) is 5.37. The number of likely N-dealkylation sites (tertiary alicyclic amines) is 1. The van der Waals surface area contributed by atoms with E-state index in [9.17, 15) is 4.79 Å². The zero-order valence-corrected chi connectivity index (χ0v) is 13.3. The molecule has 0 spiro atoms. The summed E-state index contributed by atoms with van der Waals surface area (Å²) in [6, 6.07) is 10.9. The molecule has 4 heteroatoms. The molecule has 1 fully saturated rings. The van der Waals surface area contributed by atoms with Gasteiger partial charge in [-0.15, -0.1) is 0 Å². The highest BCUT2D eigenvalue weighted by Gasteiger charge is 2.33. The maximum Gasteiger partial charge on any atom is 0.325 e. The molecule has 0 amide bonds. The number of hydrogen-bond acceptors (Lipinski definition) is 4. The summed E-state index contributed by atoms with van der Waals surface area (Å²) >= 11 is 0. The molecule has 0 radical (unpaired) electrons. The van der Waals surface area contributed by atoms with Crippen LogP contribution in [0.3, 0.4) is 0 Å². The number of ether oxygens (including phenoxy) is 1. The third-order valence-electron chi connectivity index (χ3n) is 4.09. The Morgan fingerprint density at radius 1 is 1.38 bits per heavy atom. The van der Waals surface area contributed by atoms with Crippen molar-refractivity contribution in [2.24, 2.45) is 0 Å². The number of nitrogens with one attached hydrogen (secondary N) is 1. The molecule has 1 aromatic rings. The first-order valence-corrected chi connectivity index (χ1v) is 7.63. The van der Waals surface area contributed by atoms with E-state index in [1.807, 2.05) is 19.9 Å². The van der Waals surface area contributed by atoms with Crippen LogP contribution in [-0.4, -0.2) is 49.2 Å². The van der Waals surface area contributed by atoms with Gasteiger partial charge >= 0.3 is 5.97 Å². The first-order chi connectivity index (χ1) is 10.0. The van der Waals surface area contributed by atoms with Gasteiger partial charge in [-0.2, -0.15) is 0 Å². The molecule has 21 heavy (non-hydrogen) atoms. The predicted octanol–water partition coefficient (Wildman–Crippen LogP) is 1.84. The summed E-state index contributed by atoms with van der Waals surface area (Å²) in [5.74, 6) is -0.203. The second-order valence-corrected chi connectivity index (χ2v) is 6.28. The van der Waals surface area contributed by atoms with Crippen molar-refractivity contribution >= 4 is 5.97 Å². The van der Waals surface area contributed by atoms with Crippen LogP contribution in [0.15, 0.2) is 30.3 Å². The van der Waals surface area contributed by atoms with Crippen LogP contribution in [0.4, 0.5) is 0 Å². The van der Waals surface area contributed by atoms with Crippen molar-refractivity contribution in [2.75, 3.05) is 26.7 Å². The van der Waals surface area contributed by atoms with Gasteiger partial charge in [0.1, 0.15) is 5.54 Å². The van der Waals surface area contributed by atoms with Gasteiger partial charge < -0.3 is 9.64 Å². The normalized spacial score (nSPS) is 19.7. The molecule has 1 heterocycles. The molecular weight excluding hydrogens is 264 g/mol. The van der Waals surface area contributed by atoms with E-state index >= 15 is 0 Å². The number of methoxy groups -OCH3 is 1. The van der Waals surface area contributed by atoms with Crippen molar-refractivity contribution in [2.45, 2.75) is 38.3 Å². The summed E-state index contributed by atoms with van der Waals surface area (Å²) < 4.78 is 4.84. The Morgan fingerprint density at radius 3 is 2.76 bits per heavy atom. The highest BCUT2D eigenvalue weighted by atomic mass is 16.5. The first kappa shape index (κ1) is 16.0. The van der Waals surface area contributed by atoms with E-state index in [2.05, 4.69) is 34.5 Å². The van der Waals surface area contributed by atoms with Gasteiger partial charge in [-0.3, -0.25) is 10.1 Å². The van der Waals surface area contributed by atoms with Gasteiger partial charge in [0.05, 0.1) is 7.11 Å². The number of esters is 1. The van der Waals surface area contributed by atoms with Gasteiger partial charge in [-0.1, -0.05) is 30.3 Å². The largest absolute Gasteiger partial charge is 0.468 e. The van der Waals surface area contributed by atoms with Crippen LogP contribution >= 0.6 is 0 Å². The van der Waals surface area contributed by atoms with E-state index < -0.39 is 5.54 Å². The van der Waals surface area contributed by atoms with E-state index in [0.717, 1.165) is 32.5 Å². The first-order valence-electron chi connectivity index (χ1n) is 7.63. The van der Waals surface area contributed by atoms with E-state index in [4.69, 9.17) is 4.74 Å². The van der Waals surface area contributed by atoms with Gasteiger partial charge in [0.15, 0.2) is 0 Å². The van der Waals surface area contributed by atoms with Crippen LogP contribution in [0.5, 0.6) is 0 Å². The maximum atomic E-state index is 11.7. The van der Waals surface area contributed by atoms with Gasteiger partial charge in [0.25, 0.3) is 0 Å². The van der Waals surface area contributed by atoms with Gasteiger partial charge in [0.2, 0.25) is 0 Å². The second kappa shape index (κ2) is 7.05. The highest BCUT2D eigenvalue weighted by molar-refractivity contribution is 5.79. The minimum Gasteiger partial charge on any atom is -0.468 e. The summed E-state index contributed by atoms with van der Waals surface area (Å²) in [7, 11) is 1.44. The lowest BCUT2D eigenvalue weighted by atomic mass is 10.0. The van der Waals surface area contributed by atoms with Crippen molar-refractivity contribution in [3.05, 3.63) is 35.9 Å². The summed E-state index contributed by atoms with van der Waals surface area (Å²) in [5, 5.41) is 3.42. The average Bonchev–Trinajstić information content (AvgIpc) is 2.92. The van der Waals surface area contributed by atoms with Crippen LogP contribution < -0.4 is 5.32 Å². The van der Waals surface area contributed by atoms with Gasteiger partial charge in [0, 0.05) is 19.1 Å². The smallest absolute Gasteiger partial charge is 0.325 e. The SMILES string of the molecule is COC(=O)C(C)(C)NC1CCN(CCc2ccccc2)C1. The molecule has 1 aliphatic heterocycles. The third-order valence-corrected chi connectivity index (χ3v) is 4.09. The number of benzene rings is 1. The van der Waals surface area contributed by atoms with Crippen molar-refractivity contribution < 1.29 is 9.53 Å². The fraction of sp³-hybridized carbons (Fsp3) is 0.588. The van der Waals surface area contributed by atoms with Crippen LogP contribution in [0, 0.1) is 0 Å². The predicted molar refractivity (Wildman–Crippen MR) is 84.2 cm³/mol. The monoisotopic (exact) mass is 290 g/mol. The Hall–Kier alpha value is -1.39. The molecule has 0 saturated carbocycles. The van der Waals surface area contributed by atoms with Crippen molar-refractivity contribution in [1.29, 1.82) is 0 Å². The van der Waals surface area contributed by atoms with E-state index in [-0.39, 0.29) is 5.97 Å². The molecule has 2 rings (SSSR count). The number of carbonyl (C=O) groups excluding carboxylic acids is 1. The van der Waals surface area contributed by atoms with Crippen LogP contribution in [0.2, 0.25) is 0 Å². The maximum absolute atomic E-state index is 11.7. The average molecular weight is 290 g/mol. The highest BCUT2D eigenvalue weighted by Crippen LogP contribution is 2.15. The van der Waals surface area contributed by atoms with Gasteiger partial charge in [-0.25, -0.2) is 0 Å². The minimum absolute atomic E-state index is 0.203. The lowest BCUT2D eigenvalue weighted by Gasteiger charge is -2.27. The Balaban J connectivity index is 1.77. The standard InChI is InChI=1S/C17H26N2O2/c1-17(2,16(20)21-3)18-15-10-12-19(13-15)11-9-14-7-5-4-6-8-14/h4-8,15,18H,9-13H2,1-3H3. The fourth-order valence-electron chi connectivity index (χ4n) is 2.91. The molecule has 1 unspecified atom stereocenters. The lowest BCUT2D eigenvalue weighted by molar-refractivity contribution is -0.147. The molecule has 0 bridgehead atoms. The fourth-order valence-corrected chi connectivity index (χ4v) is 2.91. The zero-order chi connectivity index (χ0) is 15.3. The summed E-state index contributed by atoms with van der Waals surface area (Å²) in [5.41, 5.74) is 0.762. The summed E-state index contributed by atoms with van der Waals surface area (Å²) in [4.78, 5) is 14.2. The second-order valence-electron chi connectivity index (χ2n) is 6.28. The van der Waals surface area contributed by atoms with E-state index in [0.29, 0.717) is 6.04 Å². The van der Waals surface area contributed by atoms with Crippen LogP contribution in [-0.2, 0) is 16.0 Å². The third kappa shape index (κ3) is 4.55.